The molecule has 1 N–H and O–H groups in total. The molecule has 5 nitrogen and oxygen atoms in total. The number of fused-ring (bicyclic) bond motifs is 2. The van der Waals surface area contributed by atoms with E-state index in [-0.39, 0.29) is 22.5 Å². The summed E-state index contributed by atoms with van der Waals surface area (Å²) in [4.78, 5) is 24.1. The van der Waals surface area contributed by atoms with Crippen LogP contribution < -0.4 is 10.2 Å². The summed E-state index contributed by atoms with van der Waals surface area (Å²) in [6, 6.07) is 7.93. The minimum absolute atomic E-state index is 0.0641. The molecule has 1 aliphatic carbocycles. The van der Waals surface area contributed by atoms with E-state index in [0.717, 1.165) is 18.4 Å². The molecule has 1 aliphatic rings. The molecule has 0 bridgehead atoms. The van der Waals surface area contributed by atoms with Gasteiger partial charge in [-0.15, -0.1) is 0 Å². The molecule has 0 atom stereocenters. The highest BCUT2D eigenvalue weighted by atomic mass is 16.5. The van der Waals surface area contributed by atoms with Gasteiger partial charge in [-0.3, -0.25) is 4.79 Å². The lowest BCUT2D eigenvalue weighted by atomic mass is 10.1. The van der Waals surface area contributed by atoms with E-state index < -0.39 is 5.97 Å². The average molecular weight is 338 g/mol. The molecule has 0 radical (unpaired) electrons. The molecule has 0 unspecified atom stereocenters. The van der Waals surface area contributed by atoms with Crippen LogP contribution in [-0.4, -0.2) is 17.2 Å². The van der Waals surface area contributed by atoms with Crippen LogP contribution in [0.4, 0.5) is 0 Å². The molecule has 1 aromatic heterocycles. The quantitative estimate of drug-likeness (QED) is 0.722. The van der Waals surface area contributed by atoms with Gasteiger partial charge >= 0.3 is 5.97 Å². The number of aromatic carboxylic acids is 1. The molecule has 0 amide bonds. The first-order valence-electron chi connectivity index (χ1n) is 8.44. The maximum Gasteiger partial charge on any atom is 0.335 e. The van der Waals surface area contributed by atoms with Crippen LogP contribution in [0.2, 0.25) is 0 Å². The number of carboxylic acids is 1. The molecule has 0 aliphatic heterocycles. The molecule has 0 spiro atoms. The Balaban J connectivity index is 1.90. The molecule has 25 heavy (non-hydrogen) atoms. The molecule has 3 aromatic rings. The highest BCUT2D eigenvalue weighted by Crippen LogP contribution is 2.29. The van der Waals surface area contributed by atoms with Crippen LogP contribution in [0.3, 0.4) is 0 Å². The fraction of sp³-hybridized carbons (Fsp3) is 0.300. The van der Waals surface area contributed by atoms with Crippen LogP contribution in [0.1, 0.15) is 41.6 Å². The molecule has 1 heterocycles. The van der Waals surface area contributed by atoms with Crippen molar-refractivity contribution in [1.82, 2.24) is 0 Å². The maximum atomic E-state index is 12.9. The van der Waals surface area contributed by atoms with Gasteiger partial charge in [-0.05, 0) is 68.5 Å². The highest BCUT2D eigenvalue weighted by Gasteiger charge is 2.18. The predicted molar refractivity (Wildman–Crippen MR) is 94.6 cm³/mol. The van der Waals surface area contributed by atoms with Gasteiger partial charge < -0.3 is 14.3 Å². The van der Waals surface area contributed by atoms with Crippen molar-refractivity contribution in [3.63, 3.8) is 0 Å². The normalized spacial score (nSPS) is 15.1. The van der Waals surface area contributed by atoms with Gasteiger partial charge in [0.25, 0.3) is 0 Å². The Bertz CT molecular complexity index is 1040. The zero-order valence-electron chi connectivity index (χ0n) is 13.9. The number of carbonyl (C=O) groups is 1. The van der Waals surface area contributed by atoms with Gasteiger partial charge in [0.05, 0.1) is 22.4 Å². The molecule has 128 valence electrons. The Morgan fingerprint density at radius 3 is 2.64 bits per heavy atom. The minimum atomic E-state index is -1.07. The molecule has 1 fully saturated rings. The fourth-order valence-electron chi connectivity index (χ4n) is 3.50. The van der Waals surface area contributed by atoms with Crippen LogP contribution in [-0.2, 0) is 0 Å². The van der Waals surface area contributed by atoms with Crippen LogP contribution in [0, 0.1) is 6.92 Å². The van der Waals surface area contributed by atoms with E-state index in [1.807, 2.05) is 13.0 Å². The summed E-state index contributed by atoms with van der Waals surface area (Å²) in [6.07, 6.45) is 4.60. The van der Waals surface area contributed by atoms with Gasteiger partial charge in [0, 0.05) is 0 Å². The lowest BCUT2D eigenvalue weighted by Crippen LogP contribution is -2.12. The lowest BCUT2D eigenvalue weighted by Gasteiger charge is -2.14. The Morgan fingerprint density at radius 1 is 1.16 bits per heavy atom. The molecule has 2 aromatic carbocycles. The number of carboxylic acid groups (broad SMARTS) is 1. The molecule has 1 saturated carbocycles. The van der Waals surface area contributed by atoms with Crippen molar-refractivity contribution < 1.29 is 19.1 Å². The van der Waals surface area contributed by atoms with Crippen molar-refractivity contribution in [3.05, 3.63) is 51.7 Å². The smallest absolute Gasteiger partial charge is 0.335 e. The van der Waals surface area contributed by atoms with Crippen molar-refractivity contribution in [2.75, 3.05) is 0 Å². The van der Waals surface area contributed by atoms with Crippen molar-refractivity contribution in [1.29, 1.82) is 0 Å². The van der Waals surface area contributed by atoms with Gasteiger partial charge in [0.15, 0.2) is 0 Å². The van der Waals surface area contributed by atoms with Crippen molar-refractivity contribution in [2.24, 2.45) is 0 Å². The van der Waals surface area contributed by atoms with E-state index in [0.29, 0.717) is 22.3 Å². The summed E-state index contributed by atoms with van der Waals surface area (Å²) in [5, 5.41) is 9.83. The van der Waals surface area contributed by atoms with E-state index in [1.54, 1.807) is 6.07 Å². The van der Waals surface area contributed by atoms with Gasteiger partial charge in [-0.2, -0.15) is 0 Å². The van der Waals surface area contributed by atoms with E-state index in [1.165, 1.54) is 31.0 Å². The third-order valence-electron chi connectivity index (χ3n) is 4.78. The zero-order valence-corrected chi connectivity index (χ0v) is 13.9. The summed E-state index contributed by atoms with van der Waals surface area (Å²) in [7, 11) is 0. The van der Waals surface area contributed by atoms with Gasteiger partial charge in [0.1, 0.15) is 16.9 Å². The predicted octanol–water partition coefficient (Wildman–Crippen LogP) is 4.27. The lowest BCUT2D eigenvalue weighted by molar-refractivity contribution is 0.0697. The highest BCUT2D eigenvalue weighted by molar-refractivity contribution is 5.96. The van der Waals surface area contributed by atoms with Crippen LogP contribution in [0.25, 0.3) is 21.9 Å². The second-order valence-corrected chi connectivity index (χ2v) is 6.59. The van der Waals surface area contributed by atoms with E-state index in [4.69, 9.17) is 14.3 Å². The SMILES string of the molecule is Cc1cc(OC2CCCC2)cc2c(=O)c3cc(C(=O)O)ccc3oc12. The summed E-state index contributed by atoms with van der Waals surface area (Å²) in [5.41, 5.74) is 1.55. The van der Waals surface area contributed by atoms with E-state index in [2.05, 4.69) is 0 Å². The Hall–Kier alpha value is -2.82. The van der Waals surface area contributed by atoms with Crippen LogP contribution in [0.5, 0.6) is 5.75 Å². The average Bonchev–Trinajstić information content (AvgIpc) is 3.09. The third-order valence-corrected chi connectivity index (χ3v) is 4.78. The minimum Gasteiger partial charge on any atom is -0.490 e. The number of aryl methyl sites for hydroxylation is 1. The summed E-state index contributed by atoms with van der Waals surface area (Å²) in [6.45, 7) is 1.88. The summed E-state index contributed by atoms with van der Waals surface area (Å²) in [5.74, 6) is -0.408. The first-order valence-corrected chi connectivity index (χ1v) is 8.44. The summed E-state index contributed by atoms with van der Waals surface area (Å²) < 4.78 is 11.9. The number of ether oxygens (including phenoxy) is 1. The zero-order chi connectivity index (χ0) is 17.6. The second kappa shape index (κ2) is 5.92. The van der Waals surface area contributed by atoms with Gasteiger partial charge in [0.2, 0.25) is 5.43 Å². The topological polar surface area (TPSA) is 76.7 Å². The van der Waals surface area contributed by atoms with E-state index in [9.17, 15) is 9.59 Å². The largest absolute Gasteiger partial charge is 0.490 e. The molecule has 5 heteroatoms. The standard InChI is InChI=1S/C20H18O5/c1-11-8-14(24-13-4-2-3-5-13)10-16-18(21)15-9-12(20(22)23)6-7-17(15)25-19(11)16/h6-10,13H,2-5H2,1H3,(H,22,23). The third kappa shape index (κ3) is 2.76. The Morgan fingerprint density at radius 2 is 1.92 bits per heavy atom. The first-order chi connectivity index (χ1) is 12.0. The van der Waals surface area contributed by atoms with Crippen molar-refractivity contribution in [2.45, 2.75) is 38.7 Å². The Kier molecular flexibility index (Phi) is 3.71. The molecular formula is C20H18O5. The number of hydrogen-bond donors (Lipinski definition) is 1. The Labute approximate surface area is 143 Å². The van der Waals surface area contributed by atoms with Crippen molar-refractivity contribution in [3.8, 4) is 5.75 Å². The molecule has 4 rings (SSSR count). The maximum absolute atomic E-state index is 12.9. The van der Waals surface area contributed by atoms with Gasteiger partial charge in [-0.25, -0.2) is 4.79 Å². The molecule has 0 saturated heterocycles. The fourth-order valence-corrected chi connectivity index (χ4v) is 3.50. The van der Waals surface area contributed by atoms with Crippen LogP contribution >= 0.6 is 0 Å². The van der Waals surface area contributed by atoms with E-state index >= 15 is 0 Å². The number of hydrogen-bond acceptors (Lipinski definition) is 4. The monoisotopic (exact) mass is 338 g/mol. The summed E-state index contributed by atoms with van der Waals surface area (Å²) >= 11 is 0. The molecular weight excluding hydrogens is 320 g/mol. The van der Waals surface area contributed by atoms with Gasteiger partial charge in [-0.1, -0.05) is 0 Å². The first kappa shape index (κ1) is 15.7. The number of benzene rings is 2. The van der Waals surface area contributed by atoms with Crippen LogP contribution in [0.15, 0.2) is 39.5 Å². The second-order valence-electron chi connectivity index (χ2n) is 6.59. The van der Waals surface area contributed by atoms with Crippen molar-refractivity contribution >= 4 is 27.9 Å². The number of rotatable bonds is 3.